The van der Waals surface area contributed by atoms with Crippen LogP contribution in [-0.4, -0.2) is 0 Å². The molecule has 0 heterocycles. The summed E-state index contributed by atoms with van der Waals surface area (Å²) in [5.74, 6) is -0.403. The fraction of sp³-hybridized carbons (Fsp3) is 0. The van der Waals surface area contributed by atoms with Crippen molar-refractivity contribution in [3.05, 3.63) is 57.3 Å². The summed E-state index contributed by atoms with van der Waals surface area (Å²) in [6, 6.07) is 11.6. The van der Waals surface area contributed by atoms with Gasteiger partial charge >= 0.3 is 0 Å². The Balaban J connectivity index is 2.61. The van der Waals surface area contributed by atoms with E-state index >= 15 is 0 Å². The molecular weight excluding hydrogens is 305 g/mol. The Morgan fingerprint density at radius 3 is 2.59 bits per heavy atom. The van der Waals surface area contributed by atoms with Gasteiger partial charge in [0.15, 0.2) is 0 Å². The van der Waals surface area contributed by atoms with E-state index in [0.717, 1.165) is 4.47 Å². The average Bonchev–Trinajstić information content (AvgIpc) is 2.28. The normalized spacial score (nSPS) is 10.0. The van der Waals surface area contributed by atoms with Gasteiger partial charge in [-0.2, -0.15) is 5.26 Å². The van der Waals surface area contributed by atoms with Crippen molar-refractivity contribution in [2.24, 2.45) is 0 Å². The first-order valence-electron chi connectivity index (χ1n) is 4.76. The smallest absolute Gasteiger partial charge is 0.132 e. The van der Waals surface area contributed by atoms with E-state index in [1.807, 2.05) is 6.07 Å². The zero-order valence-electron chi connectivity index (χ0n) is 8.55. The highest BCUT2D eigenvalue weighted by atomic mass is 79.9. The van der Waals surface area contributed by atoms with Gasteiger partial charge in [-0.3, -0.25) is 0 Å². The molecule has 0 unspecified atom stereocenters. The molecule has 84 valence electrons. The first kappa shape index (κ1) is 12.1. The second-order valence-electron chi connectivity index (χ2n) is 3.46. The zero-order valence-corrected chi connectivity index (χ0v) is 10.9. The van der Waals surface area contributed by atoms with Gasteiger partial charge in [-0.1, -0.05) is 27.5 Å². The summed E-state index contributed by atoms with van der Waals surface area (Å²) in [7, 11) is 0. The Bertz CT molecular complexity index is 619. The van der Waals surface area contributed by atoms with Gasteiger partial charge < -0.3 is 0 Å². The third kappa shape index (κ3) is 2.66. The van der Waals surface area contributed by atoms with E-state index in [2.05, 4.69) is 15.9 Å². The minimum absolute atomic E-state index is 0.349. The second kappa shape index (κ2) is 4.87. The van der Waals surface area contributed by atoms with Crippen LogP contribution in [0, 0.1) is 17.1 Å². The number of hydrogen-bond acceptors (Lipinski definition) is 1. The topological polar surface area (TPSA) is 23.8 Å². The molecule has 0 aliphatic heterocycles. The predicted molar refractivity (Wildman–Crippen MR) is 69.3 cm³/mol. The maximum absolute atomic E-state index is 13.7. The van der Waals surface area contributed by atoms with Crippen molar-refractivity contribution >= 4 is 27.5 Å². The van der Waals surface area contributed by atoms with E-state index in [4.69, 9.17) is 16.9 Å². The maximum atomic E-state index is 13.7. The molecule has 1 nitrogen and oxygen atoms in total. The van der Waals surface area contributed by atoms with Crippen LogP contribution in [0.5, 0.6) is 0 Å². The summed E-state index contributed by atoms with van der Waals surface area (Å²) in [5, 5.41) is 9.21. The Morgan fingerprint density at radius 1 is 1.18 bits per heavy atom. The van der Waals surface area contributed by atoms with E-state index in [1.165, 1.54) is 6.07 Å². The summed E-state index contributed by atoms with van der Waals surface area (Å²) in [6.45, 7) is 0. The lowest BCUT2D eigenvalue weighted by atomic mass is 10.0. The van der Waals surface area contributed by atoms with Gasteiger partial charge in [0.05, 0.1) is 11.6 Å². The number of benzene rings is 2. The highest BCUT2D eigenvalue weighted by molar-refractivity contribution is 9.10. The molecule has 4 heteroatoms. The van der Waals surface area contributed by atoms with Gasteiger partial charge in [0.2, 0.25) is 0 Å². The molecule has 0 aliphatic rings. The molecule has 0 saturated heterocycles. The summed E-state index contributed by atoms with van der Waals surface area (Å²) < 4.78 is 14.5. The quantitative estimate of drug-likeness (QED) is 0.743. The largest absolute Gasteiger partial charge is 0.206 e. The molecule has 0 aromatic heterocycles. The van der Waals surface area contributed by atoms with Crippen LogP contribution in [0.25, 0.3) is 11.1 Å². The Labute approximate surface area is 112 Å². The van der Waals surface area contributed by atoms with Gasteiger partial charge in [-0.05, 0) is 42.0 Å². The van der Waals surface area contributed by atoms with Crippen LogP contribution < -0.4 is 0 Å². The van der Waals surface area contributed by atoms with Crippen molar-refractivity contribution in [2.45, 2.75) is 0 Å². The van der Waals surface area contributed by atoms with Crippen LogP contribution in [0.3, 0.4) is 0 Å². The standard InChI is InChI=1S/C13H6BrClFN/c14-10-4-8(7-17)3-9(5-10)12-2-1-11(15)6-13(12)16/h1-6H. The molecule has 0 aliphatic carbocycles. The van der Waals surface area contributed by atoms with Crippen molar-refractivity contribution < 1.29 is 4.39 Å². The molecule has 0 radical (unpaired) electrons. The summed E-state index contributed by atoms with van der Waals surface area (Å²) in [6.07, 6.45) is 0. The minimum atomic E-state index is -0.403. The van der Waals surface area contributed by atoms with E-state index in [9.17, 15) is 4.39 Å². The zero-order chi connectivity index (χ0) is 12.4. The first-order valence-corrected chi connectivity index (χ1v) is 5.93. The molecule has 2 aromatic carbocycles. The summed E-state index contributed by atoms with van der Waals surface area (Å²) >= 11 is 8.98. The van der Waals surface area contributed by atoms with Gasteiger partial charge in [0.25, 0.3) is 0 Å². The van der Waals surface area contributed by atoms with E-state index in [-0.39, 0.29) is 0 Å². The average molecular weight is 311 g/mol. The molecule has 0 amide bonds. The van der Waals surface area contributed by atoms with Crippen LogP contribution in [0.4, 0.5) is 4.39 Å². The lowest BCUT2D eigenvalue weighted by molar-refractivity contribution is 0.631. The van der Waals surface area contributed by atoms with E-state index in [0.29, 0.717) is 21.7 Å². The van der Waals surface area contributed by atoms with Crippen LogP contribution in [0.1, 0.15) is 5.56 Å². The third-order valence-electron chi connectivity index (χ3n) is 2.27. The molecule has 2 rings (SSSR count). The van der Waals surface area contributed by atoms with Gasteiger partial charge in [-0.25, -0.2) is 4.39 Å². The van der Waals surface area contributed by atoms with Crippen LogP contribution in [0.2, 0.25) is 5.02 Å². The van der Waals surface area contributed by atoms with Crippen molar-refractivity contribution in [3.63, 3.8) is 0 Å². The van der Waals surface area contributed by atoms with Crippen molar-refractivity contribution in [3.8, 4) is 17.2 Å². The number of nitriles is 1. The third-order valence-corrected chi connectivity index (χ3v) is 2.96. The summed E-state index contributed by atoms with van der Waals surface area (Å²) in [5.41, 5.74) is 1.54. The van der Waals surface area contributed by atoms with Crippen molar-refractivity contribution in [2.75, 3.05) is 0 Å². The lowest BCUT2D eigenvalue weighted by Crippen LogP contribution is -1.86. The molecule has 0 atom stereocenters. The van der Waals surface area contributed by atoms with Gasteiger partial charge in [0.1, 0.15) is 5.82 Å². The molecule has 2 aromatic rings. The SMILES string of the molecule is N#Cc1cc(Br)cc(-c2ccc(Cl)cc2F)c1. The molecule has 0 N–H and O–H groups in total. The Kier molecular flexibility index (Phi) is 3.46. The lowest BCUT2D eigenvalue weighted by Gasteiger charge is -2.05. The second-order valence-corrected chi connectivity index (χ2v) is 4.82. The molecule has 0 bridgehead atoms. The molecule has 0 fully saturated rings. The fourth-order valence-electron chi connectivity index (χ4n) is 1.53. The van der Waals surface area contributed by atoms with Crippen LogP contribution >= 0.6 is 27.5 Å². The summed E-state index contributed by atoms with van der Waals surface area (Å²) in [4.78, 5) is 0. The highest BCUT2D eigenvalue weighted by Gasteiger charge is 2.07. The van der Waals surface area contributed by atoms with Crippen LogP contribution in [0.15, 0.2) is 40.9 Å². The van der Waals surface area contributed by atoms with E-state index in [1.54, 1.807) is 30.3 Å². The molecular formula is C13H6BrClFN. The number of hydrogen-bond donors (Lipinski definition) is 0. The molecule has 0 saturated carbocycles. The first-order chi connectivity index (χ1) is 8.10. The monoisotopic (exact) mass is 309 g/mol. The van der Waals surface area contributed by atoms with Crippen LogP contribution in [-0.2, 0) is 0 Å². The fourth-order valence-corrected chi connectivity index (χ4v) is 2.19. The van der Waals surface area contributed by atoms with Crippen molar-refractivity contribution in [1.82, 2.24) is 0 Å². The Hall–Kier alpha value is -1.37. The maximum Gasteiger partial charge on any atom is 0.132 e. The highest BCUT2D eigenvalue weighted by Crippen LogP contribution is 2.28. The molecule has 0 spiro atoms. The van der Waals surface area contributed by atoms with Gasteiger partial charge in [-0.15, -0.1) is 0 Å². The Morgan fingerprint density at radius 2 is 1.94 bits per heavy atom. The minimum Gasteiger partial charge on any atom is -0.206 e. The predicted octanol–water partition coefficient (Wildman–Crippen LogP) is 4.78. The van der Waals surface area contributed by atoms with Crippen molar-refractivity contribution in [1.29, 1.82) is 5.26 Å². The number of halogens is 3. The number of rotatable bonds is 1. The number of nitrogens with zero attached hydrogens (tertiary/aromatic N) is 1. The molecule has 17 heavy (non-hydrogen) atoms. The van der Waals surface area contributed by atoms with Gasteiger partial charge in [0, 0.05) is 15.1 Å². The van der Waals surface area contributed by atoms with E-state index < -0.39 is 5.82 Å².